The van der Waals surface area contributed by atoms with Crippen molar-refractivity contribution in [3.63, 3.8) is 0 Å². The second-order valence-electron chi connectivity index (χ2n) is 5.07. The summed E-state index contributed by atoms with van der Waals surface area (Å²) in [6.45, 7) is 7.59. The van der Waals surface area contributed by atoms with Gasteiger partial charge in [0.2, 0.25) is 5.91 Å². The Labute approximate surface area is 136 Å². The van der Waals surface area contributed by atoms with Crippen LogP contribution in [0.25, 0.3) is 0 Å². The molecule has 1 N–H and O–H groups in total. The summed E-state index contributed by atoms with van der Waals surface area (Å²) in [5.74, 6) is -0.155. The summed E-state index contributed by atoms with van der Waals surface area (Å²) in [7, 11) is 0. The predicted octanol–water partition coefficient (Wildman–Crippen LogP) is 3.08. The van der Waals surface area contributed by atoms with Gasteiger partial charge in [0.25, 0.3) is 5.69 Å². The van der Waals surface area contributed by atoms with E-state index in [-0.39, 0.29) is 11.6 Å². The second-order valence-corrected chi connectivity index (χ2v) is 5.07. The zero-order valence-corrected chi connectivity index (χ0v) is 13.9. The van der Waals surface area contributed by atoms with Gasteiger partial charge in [-0.1, -0.05) is 13.3 Å². The summed E-state index contributed by atoms with van der Waals surface area (Å²) in [5, 5.41) is 14.9. The van der Waals surface area contributed by atoms with E-state index in [4.69, 9.17) is 0 Å². The number of hydrogen-bond donors (Lipinski definition) is 1. The van der Waals surface area contributed by atoms with E-state index in [2.05, 4.69) is 15.4 Å². The highest BCUT2D eigenvalue weighted by molar-refractivity contribution is 5.90. The number of carbonyl (C=O) groups excluding carboxylic acids is 1. The van der Waals surface area contributed by atoms with Gasteiger partial charge in [0.05, 0.1) is 11.1 Å². The summed E-state index contributed by atoms with van der Waals surface area (Å²) >= 11 is 0. The molecular formula is C16H24N4O3. The number of hydrazone groups is 1. The Morgan fingerprint density at radius 1 is 1.35 bits per heavy atom. The highest BCUT2D eigenvalue weighted by atomic mass is 16.6. The number of benzene rings is 1. The van der Waals surface area contributed by atoms with Crippen LogP contribution < -0.4 is 10.3 Å². The molecule has 0 bridgehead atoms. The van der Waals surface area contributed by atoms with Crippen LogP contribution in [-0.4, -0.2) is 30.1 Å². The molecule has 7 nitrogen and oxygen atoms in total. The minimum absolute atomic E-state index is 0.000310. The Balaban J connectivity index is 2.98. The molecular weight excluding hydrogens is 296 g/mol. The van der Waals surface area contributed by atoms with Crippen molar-refractivity contribution in [3.05, 3.63) is 33.9 Å². The first-order valence-corrected chi connectivity index (χ1v) is 7.88. The van der Waals surface area contributed by atoms with Crippen LogP contribution in [0.5, 0.6) is 0 Å². The molecule has 1 rings (SSSR count). The maximum Gasteiger partial charge on any atom is 0.270 e. The van der Waals surface area contributed by atoms with E-state index in [0.29, 0.717) is 12.0 Å². The third-order valence-corrected chi connectivity index (χ3v) is 3.48. The van der Waals surface area contributed by atoms with Crippen LogP contribution in [0.1, 0.15) is 45.6 Å². The van der Waals surface area contributed by atoms with Crippen molar-refractivity contribution in [2.24, 2.45) is 5.10 Å². The molecule has 0 saturated carbocycles. The largest absolute Gasteiger partial charge is 0.372 e. The first-order valence-electron chi connectivity index (χ1n) is 7.88. The normalized spacial score (nSPS) is 10.7. The zero-order valence-electron chi connectivity index (χ0n) is 13.9. The SMILES string of the molecule is CCCCC(=O)N/N=C\c1cc([N+](=O)[O-])ccc1N(CC)CC. The molecule has 0 saturated heterocycles. The van der Waals surface area contributed by atoms with Crippen molar-refractivity contribution >= 4 is 23.5 Å². The number of nitro benzene ring substituents is 1. The molecule has 0 heterocycles. The van der Waals surface area contributed by atoms with Gasteiger partial charge in [0.1, 0.15) is 0 Å². The van der Waals surface area contributed by atoms with E-state index < -0.39 is 4.92 Å². The first-order chi connectivity index (χ1) is 11.0. The number of nitro groups is 1. The lowest BCUT2D eigenvalue weighted by Crippen LogP contribution is -2.23. The van der Waals surface area contributed by atoms with Gasteiger partial charge in [-0.25, -0.2) is 5.43 Å². The lowest BCUT2D eigenvalue weighted by Gasteiger charge is -2.22. The molecule has 0 aliphatic rings. The van der Waals surface area contributed by atoms with E-state index in [9.17, 15) is 14.9 Å². The predicted molar refractivity (Wildman–Crippen MR) is 91.9 cm³/mol. The van der Waals surface area contributed by atoms with Crippen LogP contribution in [-0.2, 0) is 4.79 Å². The number of anilines is 1. The average Bonchev–Trinajstić information content (AvgIpc) is 2.54. The number of unbranched alkanes of at least 4 members (excludes halogenated alkanes) is 1. The second kappa shape index (κ2) is 9.55. The van der Waals surface area contributed by atoms with Crippen LogP contribution in [0, 0.1) is 10.1 Å². The molecule has 126 valence electrons. The number of rotatable bonds is 9. The molecule has 0 aromatic heterocycles. The van der Waals surface area contributed by atoms with Gasteiger partial charge in [-0.15, -0.1) is 0 Å². The fraction of sp³-hybridized carbons (Fsp3) is 0.500. The Hall–Kier alpha value is -2.44. The quantitative estimate of drug-likeness (QED) is 0.430. The monoisotopic (exact) mass is 320 g/mol. The number of carbonyl (C=O) groups is 1. The number of amides is 1. The highest BCUT2D eigenvalue weighted by Gasteiger charge is 2.13. The van der Waals surface area contributed by atoms with Gasteiger partial charge in [-0.3, -0.25) is 14.9 Å². The molecule has 0 unspecified atom stereocenters. The van der Waals surface area contributed by atoms with E-state index in [1.54, 1.807) is 6.07 Å². The van der Waals surface area contributed by atoms with Crippen molar-refractivity contribution in [3.8, 4) is 0 Å². The van der Waals surface area contributed by atoms with Crippen molar-refractivity contribution in [2.75, 3.05) is 18.0 Å². The fourth-order valence-electron chi connectivity index (χ4n) is 2.18. The molecule has 1 amide bonds. The first kappa shape index (κ1) is 18.6. The maximum atomic E-state index is 11.6. The Kier molecular flexibility index (Phi) is 7.73. The molecule has 0 aliphatic heterocycles. The number of hydrogen-bond acceptors (Lipinski definition) is 5. The lowest BCUT2D eigenvalue weighted by molar-refractivity contribution is -0.384. The van der Waals surface area contributed by atoms with E-state index in [0.717, 1.165) is 31.6 Å². The van der Waals surface area contributed by atoms with Gasteiger partial charge in [-0.05, 0) is 26.3 Å². The summed E-state index contributed by atoms with van der Waals surface area (Å²) < 4.78 is 0. The van der Waals surface area contributed by atoms with Gasteiger partial charge >= 0.3 is 0 Å². The summed E-state index contributed by atoms with van der Waals surface area (Å²) in [6, 6.07) is 4.66. The molecule has 0 spiro atoms. The number of nitrogens with one attached hydrogen (secondary N) is 1. The molecule has 0 fully saturated rings. The smallest absolute Gasteiger partial charge is 0.270 e. The lowest BCUT2D eigenvalue weighted by atomic mass is 10.1. The minimum Gasteiger partial charge on any atom is -0.372 e. The van der Waals surface area contributed by atoms with Gasteiger partial charge < -0.3 is 4.90 Å². The molecule has 0 radical (unpaired) electrons. The van der Waals surface area contributed by atoms with Gasteiger partial charge in [0.15, 0.2) is 0 Å². The van der Waals surface area contributed by atoms with Crippen molar-refractivity contribution in [2.45, 2.75) is 40.0 Å². The van der Waals surface area contributed by atoms with E-state index in [1.807, 2.05) is 20.8 Å². The highest BCUT2D eigenvalue weighted by Crippen LogP contribution is 2.24. The zero-order chi connectivity index (χ0) is 17.2. The van der Waals surface area contributed by atoms with Crippen LogP contribution in [0.15, 0.2) is 23.3 Å². The van der Waals surface area contributed by atoms with Crippen molar-refractivity contribution < 1.29 is 9.72 Å². The molecule has 0 aliphatic carbocycles. The average molecular weight is 320 g/mol. The summed E-state index contributed by atoms with van der Waals surface area (Å²) in [5.41, 5.74) is 3.92. The van der Waals surface area contributed by atoms with Gasteiger partial charge in [-0.2, -0.15) is 5.10 Å². The topological polar surface area (TPSA) is 87.8 Å². The molecule has 23 heavy (non-hydrogen) atoms. The van der Waals surface area contributed by atoms with Gasteiger partial charge in [0, 0.05) is 42.9 Å². The molecule has 0 atom stereocenters. The van der Waals surface area contributed by atoms with E-state index in [1.165, 1.54) is 18.3 Å². The van der Waals surface area contributed by atoms with E-state index >= 15 is 0 Å². The maximum absolute atomic E-state index is 11.6. The van der Waals surface area contributed by atoms with Crippen LogP contribution in [0.3, 0.4) is 0 Å². The molecule has 1 aromatic rings. The molecule has 1 aromatic carbocycles. The van der Waals surface area contributed by atoms with Crippen LogP contribution >= 0.6 is 0 Å². The van der Waals surface area contributed by atoms with Crippen LogP contribution in [0.2, 0.25) is 0 Å². The fourth-order valence-corrected chi connectivity index (χ4v) is 2.18. The summed E-state index contributed by atoms with van der Waals surface area (Å²) in [6.07, 6.45) is 3.63. The standard InChI is InChI=1S/C16H24N4O3/c1-4-7-8-16(21)18-17-12-13-11-14(20(22)23)9-10-15(13)19(5-2)6-3/h9-12H,4-8H2,1-3H3,(H,18,21)/b17-12-. The summed E-state index contributed by atoms with van der Waals surface area (Å²) in [4.78, 5) is 24.1. The number of nitrogens with zero attached hydrogens (tertiary/aromatic N) is 3. The Morgan fingerprint density at radius 3 is 2.61 bits per heavy atom. The van der Waals surface area contributed by atoms with Crippen molar-refractivity contribution in [1.82, 2.24) is 5.43 Å². The minimum atomic E-state index is -0.441. The third-order valence-electron chi connectivity index (χ3n) is 3.48. The Morgan fingerprint density at radius 2 is 2.04 bits per heavy atom. The van der Waals surface area contributed by atoms with Crippen molar-refractivity contribution in [1.29, 1.82) is 0 Å². The Bertz CT molecular complexity index is 568. The third kappa shape index (κ3) is 5.69. The van der Waals surface area contributed by atoms with Crippen LogP contribution in [0.4, 0.5) is 11.4 Å². The number of non-ortho nitro benzene ring substituents is 1. The molecule has 7 heteroatoms.